The van der Waals surface area contributed by atoms with Gasteiger partial charge in [0.25, 0.3) is 11.6 Å². The molecule has 0 aromatic heterocycles. The van der Waals surface area contributed by atoms with Gasteiger partial charge in [-0.25, -0.2) is 0 Å². The molecule has 0 fully saturated rings. The van der Waals surface area contributed by atoms with Crippen LogP contribution in [0.25, 0.3) is 0 Å². The van der Waals surface area contributed by atoms with E-state index in [9.17, 15) is 19.7 Å². The second-order valence-corrected chi connectivity index (χ2v) is 5.49. The van der Waals surface area contributed by atoms with E-state index in [1.165, 1.54) is 31.2 Å². The number of anilines is 2. The van der Waals surface area contributed by atoms with Crippen LogP contribution in [0.3, 0.4) is 0 Å². The van der Waals surface area contributed by atoms with Gasteiger partial charge in [-0.1, -0.05) is 12.1 Å². The molecule has 7 heteroatoms. The van der Waals surface area contributed by atoms with Crippen LogP contribution in [0.5, 0.6) is 0 Å². The first-order valence-electron chi connectivity index (χ1n) is 7.43. The molecule has 0 bridgehead atoms. The number of carbonyl (C=O) groups is 2. The Hall–Kier alpha value is -3.22. The molecule has 7 nitrogen and oxygen atoms in total. The third-order valence-electron chi connectivity index (χ3n) is 3.96. The molecule has 0 unspecified atom stereocenters. The average molecular weight is 325 g/mol. The van der Waals surface area contributed by atoms with Crippen molar-refractivity contribution >= 4 is 28.9 Å². The van der Waals surface area contributed by atoms with Crippen molar-refractivity contribution in [3.05, 3.63) is 63.7 Å². The molecule has 1 N–H and O–H groups in total. The number of carbonyl (C=O) groups excluding carboxylic acids is 2. The normalized spacial score (nSPS) is 12.6. The predicted octanol–water partition coefficient (Wildman–Crippen LogP) is 2.76. The molecule has 0 radical (unpaired) electrons. The zero-order chi connectivity index (χ0) is 17.3. The molecule has 122 valence electrons. The second-order valence-electron chi connectivity index (χ2n) is 5.49. The van der Waals surface area contributed by atoms with Gasteiger partial charge in [-0.2, -0.15) is 0 Å². The summed E-state index contributed by atoms with van der Waals surface area (Å²) < 4.78 is 0. The molecule has 1 heterocycles. The average Bonchev–Trinajstić information content (AvgIpc) is 3.00. The standard InChI is InChI=1S/C17H15N3O4/c1-11(21)19-10-9-12-3-2-4-15(16(12)19)18-17(22)13-5-7-14(8-6-13)20(23)24/h2-8H,9-10H2,1H3,(H,18,22). The van der Waals surface area contributed by atoms with Gasteiger partial charge in [-0.15, -0.1) is 0 Å². The monoisotopic (exact) mass is 325 g/mol. The minimum atomic E-state index is -0.517. The number of para-hydroxylation sites is 1. The van der Waals surface area contributed by atoms with Crippen LogP contribution in [0, 0.1) is 10.1 Å². The highest BCUT2D eigenvalue weighted by Gasteiger charge is 2.25. The van der Waals surface area contributed by atoms with Gasteiger partial charge in [0.15, 0.2) is 0 Å². The van der Waals surface area contributed by atoms with Crippen molar-refractivity contribution in [3.63, 3.8) is 0 Å². The largest absolute Gasteiger partial charge is 0.320 e. The minimum Gasteiger partial charge on any atom is -0.320 e. The zero-order valence-corrected chi connectivity index (χ0v) is 13.0. The molecule has 1 aliphatic rings. The van der Waals surface area contributed by atoms with Crippen LogP contribution in [0.1, 0.15) is 22.8 Å². The van der Waals surface area contributed by atoms with Crippen molar-refractivity contribution in [2.45, 2.75) is 13.3 Å². The number of nitrogens with zero attached hydrogens (tertiary/aromatic N) is 2. The third kappa shape index (κ3) is 2.83. The highest BCUT2D eigenvalue weighted by Crippen LogP contribution is 2.35. The van der Waals surface area contributed by atoms with Gasteiger partial charge in [-0.05, 0) is 30.2 Å². The molecule has 0 saturated carbocycles. The molecule has 3 rings (SSSR count). The van der Waals surface area contributed by atoms with Crippen molar-refractivity contribution in [1.29, 1.82) is 0 Å². The Balaban J connectivity index is 1.87. The molecule has 0 atom stereocenters. The van der Waals surface area contributed by atoms with Crippen LogP contribution in [0.2, 0.25) is 0 Å². The number of hydrogen-bond acceptors (Lipinski definition) is 4. The summed E-state index contributed by atoms with van der Waals surface area (Å²) >= 11 is 0. The van der Waals surface area contributed by atoms with E-state index in [0.29, 0.717) is 17.8 Å². The maximum atomic E-state index is 12.4. The lowest BCUT2D eigenvalue weighted by molar-refractivity contribution is -0.384. The van der Waals surface area contributed by atoms with Gasteiger partial charge in [-0.3, -0.25) is 19.7 Å². The minimum absolute atomic E-state index is 0.0742. The van der Waals surface area contributed by atoms with E-state index < -0.39 is 4.92 Å². The van der Waals surface area contributed by atoms with E-state index in [1.807, 2.05) is 12.1 Å². The topological polar surface area (TPSA) is 92.6 Å². The molecule has 2 aromatic carbocycles. The number of non-ortho nitro benzene ring substituents is 1. The van der Waals surface area contributed by atoms with Crippen LogP contribution >= 0.6 is 0 Å². The van der Waals surface area contributed by atoms with Gasteiger partial charge in [0.05, 0.1) is 16.3 Å². The lowest BCUT2D eigenvalue weighted by Crippen LogP contribution is -2.27. The third-order valence-corrected chi connectivity index (χ3v) is 3.96. The van der Waals surface area contributed by atoms with E-state index in [-0.39, 0.29) is 17.5 Å². The summed E-state index contributed by atoms with van der Waals surface area (Å²) in [5.74, 6) is -0.459. The molecule has 0 spiro atoms. The summed E-state index contributed by atoms with van der Waals surface area (Å²) in [5, 5.41) is 13.5. The molecule has 2 amide bonds. The highest BCUT2D eigenvalue weighted by atomic mass is 16.6. The first-order valence-corrected chi connectivity index (χ1v) is 7.43. The number of fused-ring (bicyclic) bond motifs is 1. The fourth-order valence-corrected chi connectivity index (χ4v) is 2.80. The maximum absolute atomic E-state index is 12.4. The van der Waals surface area contributed by atoms with Crippen molar-refractivity contribution in [2.75, 3.05) is 16.8 Å². The quantitative estimate of drug-likeness (QED) is 0.693. The summed E-state index contributed by atoms with van der Waals surface area (Å²) in [7, 11) is 0. The maximum Gasteiger partial charge on any atom is 0.269 e. The number of nitro groups is 1. The number of rotatable bonds is 3. The summed E-state index contributed by atoms with van der Waals surface area (Å²) in [6, 6.07) is 10.9. The first-order chi connectivity index (χ1) is 11.5. The van der Waals surface area contributed by atoms with Crippen LogP contribution in [-0.4, -0.2) is 23.3 Å². The van der Waals surface area contributed by atoms with E-state index in [2.05, 4.69) is 5.32 Å². The van der Waals surface area contributed by atoms with Gasteiger partial charge in [0, 0.05) is 31.2 Å². The number of amides is 2. The van der Waals surface area contributed by atoms with Gasteiger partial charge < -0.3 is 10.2 Å². The lowest BCUT2D eigenvalue weighted by atomic mass is 10.1. The van der Waals surface area contributed by atoms with Gasteiger partial charge in [0.2, 0.25) is 5.91 Å². The van der Waals surface area contributed by atoms with Crippen molar-refractivity contribution in [2.24, 2.45) is 0 Å². The van der Waals surface area contributed by atoms with Gasteiger partial charge in [0.1, 0.15) is 0 Å². The second kappa shape index (κ2) is 6.11. The molecular formula is C17H15N3O4. The highest BCUT2D eigenvalue weighted by molar-refractivity contribution is 6.08. The van der Waals surface area contributed by atoms with Crippen molar-refractivity contribution in [1.82, 2.24) is 0 Å². The lowest BCUT2D eigenvalue weighted by Gasteiger charge is -2.19. The van der Waals surface area contributed by atoms with E-state index in [1.54, 1.807) is 11.0 Å². The fourth-order valence-electron chi connectivity index (χ4n) is 2.80. The van der Waals surface area contributed by atoms with Crippen molar-refractivity contribution < 1.29 is 14.5 Å². The molecule has 0 saturated heterocycles. The molecule has 1 aliphatic heterocycles. The zero-order valence-electron chi connectivity index (χ0n) is 13.0. The number of nitrogens with one attached hydrogen (secondary N) is 1. The predicted molar refractivity (Wildman–Crippen MR) is 89.2 cm³/mol. The van der Waals surface area contributed by atoms with Crippen LogP contribution in [-0.2, 0) is 11.2 Å². The summed E-state index contributed by atoms with van der Waals surface area (Å²) in [6.07, 6.45) is 0.746. The van der Waals surface area contributed by atoms with Gasteiger partial charge >= 0.3 is 0 Å². The Kier molecular flexibility index (Phi) is 3.99. The smallest absolute Gasteiger partial charge is 0.269 e. The summed E-state index contributed by atoms with van der Waals surface area (Å²) in [5.41, 5.74) is 2.52. The van der Waals surface area contributed by atoms with Crippen LogP contribution in [0.15, 0.2) is 42.5 Å². The Bertz CT molecular complexity index is 830. The fraction of sp³-hybridized carbons (Fsp3) is 0.176. The van der Waals surface area contributed by atoms with E-state index in [4.69, 9.17) is 0 Å². The summed E-state index contributed by atoms with van der Waals surface area (Å²) in [6.45, 7) is 2.08. The summed E-state index contributed by atoms with van der Waals surface area (Å²) in [4.78, 5) is 35.9. The van der Waals surface area contributed by atoms with E-state index >= 15 is 0 Å². The molecular weight excluding hydrogens is 310 g/mol. The Morgan fingerprint density at radius 1 is 1.17 bits per heavy atom. The SMILES string of the molecule is CC(=O)N1CCc2cccc(NC(=O)c3ccc([N+](=O)[O-])cc3)c21. The van der Waals surface area contributed by atoms with E-state index in [0.717, 1.165) is 17.7 Å². The Morgan fingerprint density at radius 3 is 2.50 bits per heavy atom. The molecule has 0 aliphatic carbocycles. The van der Waals surface area contributed by atoms with Crippen molar-refractivity contribution in [3.8, 4) is 0 Å². The van der Waals surface area contributed by atoms with Crippen LogP contribution < -0.4 is 10.2 Å². The molecule has 2 aromatic rings. The Labute approximate surface area is 138 Å². The number of nitro benzene ring substituents is 1. The molecule has 24 heavy (non-hydrogen) atoms. The number of hydrogen-bond donors (Lipinski definition) is 1. The number of benzene rings is 2. The first kappa shape index (κ1) is 15.7. The van der Waals surface area contributed by atoms with Crippen LogP contribution in [0.4, 0.5) is 17.1 Å². The Morgan fingerprint density at radius 2 is 1.88 bits per heavy atom.